The van der Waals surface area contributed by atoms with Crippen LogP contribution < -0.4 is 4.74 Å². The number of hydrogen-bond donors (Lipinski definition) is 0. The number of methoxy groups -OCH3 is 1. The molecule has 3 nitrogen and oxygen atoms in total. The van der Waals surface area contributed by atoms with Gasteiger partial charge < -0.3 is 9.15 Å². The van der Waals surface area contributed by atoms with E-state index < -0.39 is 5.82 Å². The Balaban J connectivity index is 1.83. The fourth-order valence-electron chi connectivity index (χ4n) is 2.15. The number of hydrogen-bond acceptors (Lipinski definition) is 3. The second-order valence-corrected chi connectivity index (χ2v) is 5.17. The quantitative estimate of drug-likeness (QED) is 0.666. The van der Waals surface area contributed by atoms with E-state index in [2.05, 4.69) is 4.98 Å². The van der Waals surface area contributed by atoms with Crippen LogP contribution in [0.4, 0.5) is 4.39 Å². The molecule has 5 heteroatoms. The highest BCUT2D eigenvalue weighted by molar-refractivity contribution is 6.20. The first-order valence-electron chi connectivity index (χ1n) is 6.49. The summed E-state index contributed by atoms with van der Waals surface area (Å²) < 4.78 is 24.0. The fraction of sp³-hybridized carbons (Fsp3) is 0.188. The number of ether oxygens (including phenoxy) is 1. The Bertz CT molecular complexity index is 739. The third-order valence-corrected chi connectivity index (χ3v) is 3.64. The van der Waals surface area contributed by atoms with Crippen LogP contribution in [0.25, 0.3) is 11.1 Å². The zero-order valence-electron chi connectivity index (χ0n) is 11.3. The van der Waals surface area contributed by atoms with Crippen molar-refractivity contribution in [1.82, 2.24) is 4.98 Å². The van der Waals surface area contributed by atoms with Crippen LogP contribution in [-0.4, -0.2) is 12.1 Å². The maximum atomic E-state index is 13.4. The molecule has 0 spiro atoms. The van der Waals surface area contributed by atoms with Crippen molar-refractivity contribution in [2.75, 3.05) is 7.11 Å². The molecule has 21 heavy (non-hydrogen) atoms. The van der Waals surface area contributed by atoms with Crippen LogP contribution in [0.15, 0.2) is 46.9 Å². The Morgan fingerprint density at radius 2 is 2.10 bits per heavy atom. The van der Waals surface area contributed by atoms with Crippen molar-refractivity contribution in [2.45, 2.75) is 11.8 Å². The van der Waals surface area contributed by atoms with Crippen molar-refractivity contribution < 1.29 is 13.5 Å². The smallest absolute Gasteiger partial charge is 0.197 e. The maximum Gasteiger partial charge on any atom is 0.197 e. The second-order valence-electron chi connectivity index (χ2n) is 4.64. The van der Waals surface area contributed by atoms with Gasteiger partial charge in [0.15, 0.2) is 23.0 Å². The van der Waals surface area contributed by atoms with Crippen LogP contribution >= 0.6 is 11.6 Å². The SMILES string of the molecule is COc1cc(C(Cl)Cc2nc3ccccc3o2)ccc1F. The molecule has 0 aliphatic carbocycles. The monoisotopic (exact) mass is 305 g/mol. The first-order valence-corrected chi connectivity index (χ1v) is 6.93. The molecular weight excluding hydrogens is 293 g/mol. The van der Waals surface area contributed by atoms with E-state index in [4.69, 9.17) is 20.8 Å². The summed E-state index contributed by atoms with van der Waals surface area (Å²) >= 11 is 6.37. The predicted octanol–water partition coefficient (Wildman–Crippen LogP) is 4.50. The summed E-state index contributed by atoms with van der Waals surface area (Å²) in [5, 5.41) is -0.368. The molecule has 0 saturated carbocycles. The number of para-hydroxylation sites is 2. The van der Waals surface area contributed by atoms with Gasteiger partial charge >= 0.3 is 0 Å². The maximum absolute atomic E-state index is 13.4. The summed E-state index contributed by atoms with van der Waals surface area (Å²) in [6.07, 6.45) is 0.422. The van der Waals surface area contributed by atoms with Crippen molar-refractivity contribution in [2.24, 2.45) is 0 Å². The zero-order chi connectivity index (χ0) is 14.8. The van der Waals surface area contributed by atoms with Gasteiger partial charge in [0.05, 0.1) is 12.5 Å². The molecule has 0 N–H and O–H groups in total. The zero-order valence-corrected chi connectivity index (χ0v) is 12.1. The summed E-state index contributed by atoms with van der Waals surface area (Å²) in [5.74, 6) is 0.321. The number of fused-ring (bicyclic) bond motifs is 1. The highest BCUT2D eigenvalue weighted by Crippen LogP contribution is 2.30. The molecule has 1 atom stereocenters. The van der Waals surface area contributed by atoms with Crippen LogP contribution in [-0.2, 0) is 6.42 Å². The normalized spacial score (nSPS) is 12.5. The molecule has 3 aromatic rings. The Morgan fingerprint density at radius 1 is 1.29 bits per heavy atom. The summed E-state index contributed by atoms with van der Waals surface area (Å²) in [6, 6.07) is 12.1. The van der Waals surface area contributed by atoms with Crippen molar-refractivity contribution in [3.8, 4) is 5.75 Å². The van der Waals surface area contributed by atoms with Crippen LogP contribution in [0.3, 0.4) is 0 Å². The van der Waals surface area contributed by atoms with E-state index in [1.54, 1.807) is 12.1 Å². The summed E-state index contributed by atoms with van der Waals surface area (Å²) in [4.78, 5) is 4.38. The predicted molar refractivity (Wildman–Crippen MR) is 79.3 cm³/mol. The molecule has 2 aromatic carbocycles. The highest BCUT2D eigenvalue weighted by Gasteiger charge is 2.15. The van der Waals surface area contributed by atoms with Crippen molar-refractivity contribution in [3.05, 3.63) is 59.7 Å². The molecule has 0 fully saturated rings. The Hall–Kier alpha value is -2.07. The third kappa shape index (κ3) is 2.85. The van der Waals surface area contributed by atoms with Crippen molar-refractivity contribution >= 4 is 22.7 Å². The fourth-order valence-corrected chi connectivity index (χ4v) is 2.42. The minimum atomic E-state index is -0.410. The standard InChI is InChI=1S/C16H13ClFNO2/c1-20-15-8-10(6-7-12(15)18)11(17)9-16-19-13-4-2-3-5-14(13)21-16/h2-8,11H,9H2,1H3. The van der Waals surface area contributed by atoms with E-state index in [-0.39, 0.29) is 11.1 Å². The van der Waals surface area contributed by atoms with E-state index in [1.165, 1.54) is 13.2 Å². The topological polar surface area (TPSA) is 35.3 Å². The summed E-state index contributed by atoms with van der Waals surface area (Å²) in [6.45, 7) is 0. The molecule has 1 aromatic heterocycles. The third-order valence-electron chi connectivity index (χ3n) is 3.23. The molecule has 0 amide bonds. The van der Waals surface area contributed by atoms with Gasteiger partial charge in [-0.3, -0.25) is 0 Å². The van der Waals surface area contributed by atoms with Gasteiger partial charge in [0, 0.05) is 6.42 Å². The van der Waals surface area contributed by atoms with Crippen molar-refractivity contribution in [1.29, 1.82) is 0 Å². The van der Waals surface area contributed by atoms with E-state index in [1.807, 2.05) is 24.3 Å². The number of nitrogens with zero attached hydrogens (tertiary/aromatic N) is 1. The second kappa shape index (κ2) is 5.74. The lowest BCUT2D eigenvalue weighted by atomic mass is 10.1. The molecule has 0 radical (unpaired) electrons. The van der Waals surface area contributed by atoms with Gasteiger partial charge in [-0.15, -0.1) is 11.6 Å². The minimum absolute atomic E-state index is 0.177. The molecule has 108 valence electrons. The van der Waals surface area contributed by atoms with Gasteiger partial charge in [-0.25, -0.2) is 9.37 Å². The number of aromatic nitrogens is 1. The summed E-state index contributed by atoms with van der Waals surface area (Å²) in [7, 11) is 1.42. The van der Waals surface area contributed by atoms with E-state index >= 15 is 0 Å². The van der Waals surface area contributed by atoms with Gasteiger partial charge in [0.2, 0.25) is 0 Å². The Labute approximate surface area is 126 Å². The van der Waals surface area contributed by atoms with Crippen LogP contribution in [0.5, 0.6) is 5.75 Å². The summed E-state index contributed by atoms with van der Waals surface area (Å²) in [5.41, 5.74) is 2.29. The molecule has 0 aliphatic rings. The van der Waals surface area contributed by atoms with Gasteiger partial charge in [-0.05, 0) is 29.8 Å². The van der Waals surface area contributed by atoms with Crippen LogP contribution in [0.1, 0.15) is 16.8 Å². The average Bonchev–Trinajstić information content (AvgIpc) is 2.89. The van der Waals surface area contributed by atoms with Gasteiger partial charge in [0.1, 0.15) is 5.52 Å². The molecule has 1 unspecified atom stereocenters. The molecule has 0 saturated heterocycles. The molecule has 0 aliphatic heterocycles. The lowest BCUT2D eigenvalue weighted by Gasteiger charge is -2.09. The van der Waals surface area contributed by atoms with Crippen LogP contribution in [0, 0.1) is 5.82 Å². The first kappa shape index (κ1) is 13.9. The largest absolute Gasteiger partial charge is 0.494 e. The van der Waals surface area contributed by atoms with Crippen molar-refractivity contribution in [3.63, 3.8) is 0 Å². The van der Waals surface area contributed by atoms with E-state index in [0.717, 1.165) is 16.7 Å². The van der Waals surface area contributed by atoms with E-state index in [0.29, 0.717) is 12.3 Å². The molecular formula is C16H13ClFNO2. The Morgan fingerprint density at radius 3 is 2.86 bits per heavy atom. The molecule has 1 heterocycles. The van der Waals surface area contributed by atoms with Gasteiger partial charge in [0.25, 0.3) is 0 Å². The number of oxazole rings is 1. The van der Waals surface area contributed by atoms with Gasteiger partial charge in [-0.1, -0.05) is 18.2 Å². The Kier molecular flexibility index (Phi) is 3.80. The minimum Gasteiger partial charge on any atom is -0.494 e. The van der Waals surface area contributed by atoms with E-state index in [9.17, 15) is 4.39 Å². The molecule has 3 rings (SSSR count). The first-order chi connectivity index (χ1) is 10.2. The van der Waals surface area contributed by atoms with Gasteiger partial charge in [-0.2, -0.15) is 0 Å². The lowest BCUT2D eigenvalue weighted by molar-refractivity contribution is 0.385. The number of alkyl halides is 1. The van der Waals surface area contributed by atoms with Crippen LogP contribution in [0.2, 0.25) is 0 Å². The lowest BCUT2D eigenvalue weighted by Crippen LogP contribution is -1.98. The number of halogens is 2. The average molecular weight is 306 g/mol. The highest BCUT2D eigenvalue weighted by atomic mass is 35.5. The molecule has 0 bridgehead atoms. The number of rotatable bonds is 4. The number of benzene rings is 2.